The Morgan fingerprint density at radius 3 is 2.50 bits per heavy atom. The van der Waals surface area contributed by atoms with Crippen LogP contribution in [0.2, 0.25) is 0 Å². The van der Waals surface area contributed by atoms with E-state index in [2.05, 4.69) is 19.9 Å². The molecular weight excluding hydrogens is 124 g/mol. The van der Waals surface area contributed by atoms with Crippen molar-refractivity contribution in [2.45, 2.75) is 26.7 Å². The largest absolute Gasteiger partial charge is 0.299 e. The van der Waals surface area contributed by atoms with Crippen LogP contribution in [0.4, 0.5) is 0 Å². The highest BCUT2D eigenvalue weighted by molar-refractivity contribution is 5.64. The molecule has 0 aliphatic rings. The smallest absolute Gasteiger partial charge is 0.142 e. The monoisotopic (exact) mass is 138 g/mol. The molecule has 0 N–H and O–H groups in total. The van der Waals surface area contributed by atoms with Gasteiger partial charge in [-0.1, -0.05) is 17.7 Å². The number of unbranched alkanes of at least 4 members (excludes halogenated alkanes) is 1. The summed E-state index contributed by atoms with van der Waals surface area (Å²) in [6.07, 6.45) is 8.39. The molecule has 1 heteroatoms. The maximum atomic E-state index is 9.80. The highest BCUT2D eigenvalue weighted by Gasteiger charge is 1.77. The number of allylic oxidation sites excluding steroid dienone is 4. The molecule has 0 aromatic heterocycles. The lowest BCUT2D eigenvalue weighted by atomic mass is 10.2. The van der Waals surface area contributed by atoms with Crippen LogP contribution in [-0.4, -0.2) is 6.29 Å². The lowest BCUT2D eigenvalue weighted by Gasteiger charge is -1.87. The van der Waals surface area contributed by atoms with Gasteiger partial charge in [0, 0.05) is 0 Å². The van der Waals surface area contributed by atoms with E-state index in [0.29, 0.717) is 0 Å². The Bertz CT molecular complexity index is 139. The van der Waals surface area contributed by atoms with Crippen molar-refractivity contribution in [1.82, 2.24) is 0 Å². The van der Waals surface area contributed by atoms with Crippen molar-refractivity contribution in [2.75, 3.05) is 0 Å². The van der Waals surface area contributed by atoms with Crippen LogP contribution in [0.25, 0.3) is 0 Å². The predicted molar refractivity (Wildman–Crippen MR) is 43.9 cm³/mol. The van der Waals surface area contributed by atoms with Crippen molar-refractivity contribution in [2.24, 2.45) is 0 Å². The van der Waals surface area contributed by atoms with Gasteiger partial charge in [0.05, 0.1) is 0 Å². The maximum Gasteiger partial charge on any atom is 0.142 e. The van der Waals surface area contributed by atoms with Crippen LogP contribution < -0.4 is 0 Å². The van der Waals surface area contributed by atoms with Crippen LogP contribution in [0.15, 0.2) is 23.8 Å². The lowest BCUT2D eigenvalue weighted by Crippen LogP contribution is -1.68. The predicted octanol–water partition coefficient (Wildman–Crippen LogP) is 2.49. The number of rotatable bonds is 4. The molecule has 10 heavy (non-hydrogen) atoms. The summed E-state index contributed by atoms with van der Waals surface area (Å²) in [6.45, 7) is 4.15. The van der Waals surface area contributed by atoms with Crippen molar-refractivity contribution >= 4 is 6.29 Å². The van der Waals surface area contributed by atoms with E-state index in [-0.39, 0.29) is 0 Å². The fraction of sp³-hybridized carbons (Fsp3) is 0.444. The summed E-state index contributed by atoms with van der Waals surface area (Å²) in [5, 5.41) is 0. The summed E-state index contributed by atoms with van der Waals surface area (Å²) < 4.78 is 0. The molecule has 0 aliphatic heterocycles. The van der Waals surface area contributed by atoms with Gasteiger partial charge in [-0.05, 0) is 32.8 Å². The molecule has 0 rings (SSSR count). The second kappa shape index (κ2) is 6.27. The molecule has 0 fully saturated rings. The van der Waals surface area contributed by atoms with Gasteiger partial charge in [0.1, 0.15) is 6.29 Å². The van der Waals surface area contributed by atoms with Crippen LogP contribution in [0.3, 0.4) is 0 Å². The topological polar surface area (TPSA) is 17.1 Å². The summed E-state index contributed by atoms with van der Waals surface area (Å²) in [5.41, 5.74) is 1.33. The SMILES string of the molecule is CC(C)=CCC/C=C/C=O. The highest BCUT2D eigenvalue weighted by atomic mass is 16.1. The van der Waals surface area contributed by atoms with E-state index in [0.717, 1.165) is 19.1 Å². The Balaban J connectivity index is 3.29. The minimum atomic E-state index is 0.808. The Morgan fingerprint density at radius 1 is 1.30 bits per heavy atom. The second-order valence-corrected chi connectivity index (χ2v) is 2.42. The van der Waals surface area contributed by atoms with Gasteiger partial charge >= 0.3 is 0 Å². The summed E-state index contributed by atoms with van der Waals surface area (Å²) in [4.78, 5) is 9.80. The normalized spacial score (nSPS) is 9.80. The number of aldehydes is 1. The van der Waals surface area contributed by atoms with Crippen molar-refractivity contribution in [3.8, 4) is 0 Å². The fourth-order valence-corrected chi connectivity index (χ4v) is 0.620. The molecule has 0 aromatic rings. The van der Waals surface area contributed by atoms with E-state index < -0.39 is 0 Å². The van der Waals surface area contributed by atoms with Gasteiger partial charge in [0.2, 0.25) is 0 Å². The summed E-state index contributed by atoms with van der Waals surface area (Å²) in [5.74, 6) is 0. The van der Waals surface area contributed by atoms with E-state index in [1.54, 1.807) is 6.08 Å². The Kier molecular flexibility index (Phi) is 5.74. The quantitative estimate of drug-likeness (QED) is 0.252. The standard InChI is InChI=1S/C9H14O/c1-9(2)7-5-3-4-6-8-10/h4,6-8H,3,5H2,1-2H3/b6-4+. The van der Waals surface area contributed by atoms with E-state index in [4.69, 9.17) is 0 Å². The number of hydrogen-bond acceptors (Lipinski definition) is 1. The van der Waals surface area contributed by atoms with Crippen LogP contribution >= 0.6 is 0 Å². The third-order valence-electron chi connectivity index (χ3n) is 1.10. The molecule has 0 amide bonds. The zero-order chi connectivity index (χ0) is 7.82. The van der Waals surface area contributed by atoms with Crippen LogP contribution in [0.5, 0.6) is 0 Å². The molecule has 0 unspecified atom stereocenters. The number of hydrogen-bond donors (Lipinski definition) is 0. The molecule has 0 atom stereocenters. The Labute approximate surface area is 62.4 Å². The molecule has 0 saturated heterocycles. The summed E-state index contributed by atoms with van der Waals surface area (Å²) >= 11 is 0. The average Bonchev–Trinajstić information content (AvgIpc) is 1.87. The number of carbonyl (C=O) groups excluding carboxylic acids is 1. The maximum absolute atomic E-state index is 9.80. The molecular formula is C9H14O. The average molecular weight is 138 g/mol. The highest BCUT2D eigenvalue weighted by Crippen LogP contribution is 1.96. The van der Waals surface area contributed by atoms with Crippen LogP contribution in [0, 0.1) is 0 Å². The molecule has 1 nitrogen and oxygen atoms in total. The van der Waals surface area contributed by atoms with Crippen LogP contribution in [-0.2, 0) is 4.79 Å². The van der Waals surface area contributed by atoms with Gasteiger partial charge in [0.15, 0.2) is 0 Å². The molecule has 0 saturated carbocycles. The molecule has 0 heterocycles. The zero-order valence-corrected chi connectivity index (χ0v) is 6.63. The van der Waals surface area contributed by atoms with Gasteiger partial charge in [-0.15, -0.1) is 0 Å². The summed E-state index contributed by atoms with van der Waals surface area (Å²) in [6, 6.07) is 0. The molecule has 0 radical (unpaired) electrons. The molecule has 0 spiro atoms. The minimum absolute atomic E-state index is 0.808. The fourth-order valence-electron chi connectivity index (χ4n) is 0.620. The summed E-state index contributed by atoms with van der Waals surface area (Å²) in [7, 11) is 0. The van der Waals surface area contributed by atoms with Crippen molar-refractivity contribution in [1.29, 1.82) is 0 Å². The van der Waals surface area contributed by atoms with Crippen molar-refractivity contribution < 1.29 is 4.79 Å². The second-order valence-electron chi connectivity index (χ2n) is 2.42. The molecule has 0 aromatic carbocycles. The third kappa shape index (κ3) is 7.15. The van der Waals surface area contributed by atoms with Gasteiger partial charge in [-0.25, -0.2) is 0 Å². The molecule has 0 aliphatic carbocycles. The number of carbonyl (C=O) groups is 1. The van der Waals surface area contributed by atoms with Crippen molar-refractivity contribution in [3.05, 3.63) is 23.8 Å². The van der Waals surface area contributed by atoms with Gasteiger partial charge < -0.3 is 0 Å². The first-order chi connectivity index (χ1) is 4.77. The van der Waals surface area contributed by atoms with Crippen LogP contribution in [0.1, 0.15) is 26.7 Å². The van der Waals surface area contributed by atoms with E-state index in [9.17, 15) is 4.79 Å². The van der Waals surface area contributed by atoms with Gasteiger partial charge in [-0.3, -0.25) is 4.79 Å². The van der Waals surface area contributed by atoms with Crippen molar-refractivity contribution in [3.63, 3.8) is 0 Å². The molecule has 0 bridgehead atoms. The van der Waals surface area contributed by atoms with Gasteiger partial charge in [-0.2, -0.15) is 0 Å². The first-order valence-electron chi connectivity index (χ1n) is 3.51. The minimum Gasteiger partial charge on any atom is -0.299 e. The lowest BCUT2D eigenvalue weighted by molar-refractivity contribution is -0.104. The first kappa shape index (κ1) is 9.15. The molecule has 56 valence electrons. The Hall–Kier alpha value is -0.850. The third-order valence-corrected chi connectivity index (χ3v) is 1.10. The van der Waals surface area contributed by atoms with E-state index >= 15 is 0 Å². The first-order valence-corrected chi connectivity index (χ1v) is 3.51. The van der Waals surface area contributed by atoms with Gasteiger partial charge in [0.25, 0.3) is 0 Å². The zero-order valence-electron chi connectivity index (χ0n) is 6.63. The van der Waals surface area contributed by atoms with E-state index in [1.165, 1.54) is 5.57 Å². The van der Waals surface area contributed by atoms with E-state index in [1.807, 2.05) is 6.08 Å². The Morgan fingerprint density at radius 2 is 2.00 bits per heavy atom.